The first-order valence-electron chi connectivity index (χ1n) is 10.1. The molecule has 4 aliphatic carbocycles. The van der Waals surface area contributed by atoms with Gasteiger partial charge in [-0.3, -0.25) is 0 Å². The number of hydrogen-bond acceptors (Lipinski definition) is 2. The number of carboxylic acid groups (broad SMARTS) is 1. The lowest BCUT2D eigenvalue weighted by Crippen LogP contribution is -2.52. The predicted octanol–water partition coefficient (Wildman–Crippen LogP) is 4.20. The topological polar surface area (TPSA) is 40.1 Å². The summed E-state index contributed by atoms with van der Waals surface area (Å²) in [6.45, 7) is 6.12. The van der Waals surface area contributed by atoms with E-state index in [1.54, 1.807) is 0 Å². The van der Waals surface area contributed by atoms with Gasteiger partial charge < -0.3 is 9.90 Å². The van der Waals surface area contributed by atoms with Crippen LogP contribution in [0, 0.1) is 52.8 Å². The summed E-state index contributed by atoms with van der Waals surface area (Å²) in [5.41, 5.74) is 1.05. The van der Waals surface area contributed by atoms with Crippen molar-refractivity contribution in [2.24, 2.45) is 40.4 Å². The van der Waals surface area contributed by atoms with Crippen LogP contribution in [0.5, 0.6) is 0 Å². The Hall–Kier alpha value is -1.23. The number of carbonyl (C=O) groups is 1. The van der Waals surface area contributed by atoms with Crippen LogP contribution >= 0.6 is 0 Å². The first kappa shape index (κ1) is 18.6. The summed E-state index contributed by atoms with van der Waals surface area (Å²) in [5, 5.41) is 8.89. The van der Waals surface area contributed by atoms with Gasteiger partial charge in [-0.1, -0.05) is 26.0 Å². The summed E-state index contributed by atoms with van der Waals surface area (Å²) < 4.78 is 0. The Morgan fingerprint density at radius 1 is 1.08 bits per heavy atom. The first-order valence-corrected chi connectivity index (χ1v) is 10.1. The van der Waals surface area contributed by atoms with Gasteiger partial charge in [-0.05, 0) is 92.8 Å². The standard InChI is InChI=1S/C21H30.C2H4O2/c1-4-15-9-11-18-17-10-8-16-7-5-6-13-20(16,2)19(17)12-14-21(15,18)3;1-2(3)4/h1,5-6,15-19H,7-14H2,2-3H3;1H3,(H,3,4)/p-1/t15-,16-,17+,18+,19+,20+,21-;/m1./s1. The lowest BCUT2D eigenvalue weighted by Gasteiger charge is -2.59. The lowest BCUT2D eigenvalue weighted by molar-refractivity contribution is -0.302. The molecule has 0 spiro atoms. The van der Waals surface area contributed by atoms with E-state index in [1.807, 2.05) is 0 Å². The van der Waals surface area contributed by atoms with Crippen molar-refractivity contribution in [3.05, 3.63) is 12.2 Å². The predicted molar refractivity (Wildman–Crippen MR) is 99.3 cm³/mol. The van der Waals surface area contributed by atoms with E-state index in [9.17, 15) is 0 Å². The van der Waals surface area contributed by atoms with Crippen LogP contribution < -0.4 is 5.11 Å². The third-order valence-electron chi connectivity index (χ3n) is 8.41. The van der Waals surface area contributed by atoms with Crippen molar-refractivity contribution in [3.8, 4) is 12.3 Å². The zero-order valence-electron chi connectivity index (χ0n) is 16.1. The van der Waals surface area contributed by atoms with Gasteiger partial charge in [0.05, 0.1) is 0 Å². The number of aliphatic carboxylic acids is 1. The van der Waals surface area contributed by atoms with Crippen LogP contribution in [0.1, 0.15) is 72.1 Å². The molecule has 0 heterocycles. The molecule has 4 aliphatic rings. The van der Waals surface area contributed by atoms with Gasteiger partial charge in [0, 0.05) is 11.9 Å². The van der Waals surface area contributed by atoms with Gasteiger partial charge in [0.1, 0.15) is 0 Å². The molecule has 0 unspecified atom stereocenters. The largest absolute Gasteiger partial charge is 0.550 e. The third-order valence-corrected chi connectivity index (χ3v) is 8.41. The van der Waals surface area contributed by atoms with E-state index < -0.39 is 5.97 Å². The first-order chi connectivity index (χ1) is 11.8. The Kier molecular flexibility index (Phi) is 5.06. The number of allylic oxidation sites excluding steroid dienone is 2. The number of fused-ring (bicyclic) bond motifs is 5. The minimum absolute atomic E-state index is 0.462. The van der Waals surface area contributed by atoms with Crippen molar-refractivity contribution in [1.29, 1.82) is 0 Å². The molecule has 0 radical (unpaired) electrons. The summed E-state index contributed by atoms with van der Waals surface area (Å²) in [7, 11) is 0. The number of carbonyl (C=O) groups excluding carboxylic acids is 1. The van der Waals surface area contributed by atoms with Gasteiger partial charge in [-0.25, -0.2) is 0 Å². The summed E-state index contributed by atoms with van der Waals surface area (Å²) in [6, 6.07) is 0. The zero-order chi connectivity index (χ0) is 18.2. The van der Waals surface area contributed by atoms with Crippen LogP contribution in [0.15, 0.2) is 12.2 Å². The highest BCUT2D eigenvalue weighted by Gasteiger charge is 2.59. The molecular formula is C23H33O2-. The maximum absolute atomic E-state index is 8.89. The minimum atomic E-state index is -1.08. The minimum Gasteiger partial charge on any atom is -0.550 e. The van der Waals surface area contributed by atoms with E-state index in [4.69, 9.17) is 16.3 Å². The van der Waals surface area contributed by atoms with Crippen LogP contribution in [0.4, 0.5) is 0 Å². The fourth-order valence-corrected chi connectivity index (χ4v) is 7.11. The molecule has 0 aromatic carbocycles. The summed E-state index contributed by atoms with van der Waals surface area (Å²) >= 11 is 0. The molecule has 0 aliphatic heterocycles. The van der Waals surface area contributed by atoms with Crippen molar-refractivity contribution in [2.75, 3.05) is 0 Å². The molecule has 0 amide bonds. The molecular weight excluding hydrogens is 308 g/mol. The van der Waals surface area contributed by atoms with Crippen LogP contribution in [-0.4, -0.2) is 5.97 Å². The maximum atomic E-state index is 8.89. The third kappa shape index (κ3) is 3.05. The summed E-state index contributed by atoms with van der Waals surface area (Å²) in [5.74, 6) is 6.44. The molecule has 3 saturated carbocycles. The van der Waals surface area contributed by atoms with E-state index in [0.29, 0.717) is 16.7 Å². The number of terminal acetylenes is 1. The number of carboxylic acids is 1. The Morgan fingerprint density at radius 3 is 2.44 bits per heavy atom. The van der Waals surface area contributed by atoms with E-state index >= 15 is 0 Å². The molecule has 0 aromatic heterocycles. The van der Waals surface area contributed by atoms with Crippen molar-refractivity contribution < 1.29 is 9.90 Å². The van der Waals surface area contributed by atoms with E-state index in [0.717, 1.165) is 30.6 Å². The molecule has 3 fully saturated rings. The molecule has 0 N–H and O–H groups in total. The zero-order valence-corrected chi connectivity index (χ0v) is 16.1. The van der Waals surface area contributed by atoms with Crippen LogP contribution in [0.25, 0.3) is 0 Å². The Morgan fingerprint density at radius 2 is 1.76 bits per heavy atom. The SMILES string of the molecule is C#C[C@@H]1CC[C@H]2[C@@H]3CC[C@H]4CC=CC[C@]4(C)[C@H]3CC[C@]12C.CC(=O)[O-]. The second-order valence-corrected chi connectivity index (χ2v) is 9.40. The highest BCUT2D eigenvalue weighted by molar-refractivity contribution is 5.60. The maximum Gasteiger partial charge on any atom is 0.0383 e. The Balaban J connectivity index is 0.000000415. The molecule has 2 nitrogen and oxygen atoms in total. The van der Waals surface area contributed by atoms with Crippen LogP contribution in [-0.2, 0) is 4.79 Å². The lowest BCUT2D eigenvalue weighted by atomic mass is 9.45. The summed E-state index contributed by atoms with van der Waals surface area (Å²) in [4.78, 5) is 8.89. The Labute approximate surface area is 153 Å². The fourth-order valence-electron chi connectivity index (χ4n) is 7.11. The Bertz CT molecular complexity index is 581. The average Bonchev–Trinajstić information content (AvgIpc) is 2.90. The van der Waals surface area contributed by atoms with Crippen molar-refractivity contribution in [2.45, 2.75) is 72.1 Å². The molecule has 0 saturated heterocycles. The monoisotopic (exact) mass is 341 g/mol. The van der Waals surface area contributed by atoms with Crippen LogP contribution in [0.2, 0.25) is 0 Å². The van der Waals surface area contributed by atoms with Gasteiger partial charge in [-0.15, -0.1) is 12.3 Å². The molecule has 0 aromatic rings. The molecule has 0 bridgehead atoms. The molecule has 4 rings (SSSR count). The van der Waals surface area contributed by atoms with Gasteiger partial charge in [-0.2, -0.15) is 0 Å². The van der Waals surface area contributed by atoms with Crippen molar-refractivity contribution >= 4 is 5.97 Å². The molecule has 2 heteroatoms. The smallest absolute Gasteiger partial charge is 0.0383 e. The number of hydrogen-bond donors (Lipinski definition) is 0. The van der Waals surface area contributed by atoms with Gasteiger partial charge >= 0.3 is 0 Å². The van der Waals surface area contributed by atoms with Gasteiger partial charge in [0.15, 0.2) is 0 Å². The average molecular weight is 342 g/mol. The van der Waals surface area contributed by atoms with Crippen LogP contribution in [0.3, 0.4) is 0 Å². The van der Waals surface area contributed by atoms with Crippen molar-refractivity contribution in [3.63, 3.8) is 0 Å². The number of rotatable bonds is 0. The highest BCUT2D eigenvalue weighted by Crippen LogP contribution is 2.66. The van der Waals surface area contributed by atoms with Crippen molar-refractivity contribution in [1.82, 2.24) is 0 Å². The van der Waals surface area contributed by atoms with E-state index in [2.05, 4.69) is 31.9 Å². The van der Waals surface area contributed by atoms with Gasteiger partial charge in [0.25, 0.3) is 0 Å². The van der Waals surface area contributed by atoms with Gasteiger partial charge in [0.2, 0.25) is 0 Å². The second kappa shape index (κ2) is 6.82. The molecule has 138 valence electrons. The second-order valence-electron chi connectivity index (χ2n) is 9.40. The normalized spacial score (nSPS) is 47.4. The van der Waals surface area contributed by atoms with E-state index in [1.165, 1.54) is 51.4 Å². The highest BCUT2D eigenvalue weighted by atomic mass is 16.4. The quantitative estimate of drug-likeness (QED) is 0.489. The molecule has 7 atom stereocenters. The summed E-state index contributed by atoms with van der Waals surface area (Å²) in [6.07, 6.45) is 21.9. The fraction of sp³-hybridized carbons (Fsp3) is 0.783. The van der Waals surface area contributed by atoms with E-state index in [-0.39, 0.29) is 0 Å². The molecule has 25 heavy (non-hydrogen) atoms.